The molecule has 5 nitrogen and oxygen atoms in total. The van der Waals surface area contributed by atoms with Crippen molar-refractivity contribution in [1.29, 1.82) is 5.26 Å². The van der Waals surface area contributed by atoms with E-state index in [9.17, 15) is 0 Å². The normalized spacial score (nSPS) is 9.53. The number of aromatic amines is 1. The fraction of sp³-hybridized carbons (Fsp3) is 0.100. The zero-order valence-electron chi connectivity index (χ0n) is 7.94. The highest BCUT2D eigenvalue weighted by Crippen LogP contribution is 2.04. The number of nitrogens with one attached hydrogen (secondary N) is 2. The van der Waals surface area contributed by atoms with Crippen LogP contribution in [0.4, 0.5) is 5.82 Å². The molecule has 2 rings (SSSR count). The minimum Gasteiger partial charge on any atom is -0.363 e. The third kappa shape index (κ3) is 2.31. The fourth-order valence-corrected chi connectivity index (χ4v) is 1.13. The largest absolute Gasteiger partial charge is 0.363 e. The van der Waals surface area contributed by atoms with Gasteiger partial charge in [0.05, 0.1) is 12.1 Å². The van der Waals surface area contributed by atoms with Gasteiger partial charge in [0.15, 0.2) is 0 Å². The molecule has 2 aromatic rings. The Morgan fingerprint density at radius 3 is 2.93 bits per heavy atom. The molecule has 0 aliphatic rings. The Bertz CT molecular complexity index is 452. The molecule has 0 radical (unpaired) electrons. The zero-order valence-corrected chi connectivity index (χ0v) is 7.94. The lowest BCUT2D eigenvalue weighted by Crippen LogP contribution is -2.02. The summed E-state index contributed by atoms with van der Waals surface area (Å²) in [6, 6.07) is 5.50. The smallest absolute Gasteiger partial charge is 0.126 e. The Balaban J connectivity index is 1.97. The first kappa shape index (κ1) is 9.21. The molecule has 0 saturated heterocycles. The van der Waals surface area contributed by atoms with Crippen LogP contribution in [0.15, 0.2) is 30.7 Å². The predicted octanol–water partition coefficient (Wildman–Crippen LogP) is 1.29. The number of aromatic nitrogens is 3. The molecule has 0 spiro atoms. The van der Waals surface area contributed by atoms with Crippen molar-refractivity contribution >= 4 is 5.82 Å². The van der Waals surface area contributed by atoms with E-state index >= 15 is 0 Å². The molecule has 0 bridgehead atoms. The van der Waals surface area contributed by atoms with Crippen molar-refractivity contribution in [2.24, 2.45) is 0 Å². The van der Waals surface area contributed by atoms with Crippen LogP contribution in [0, 0.1) is 11.3 Å². The minimum absolute atomic E-state index is 0.554. The van der Waals surface area contributed by atoms with Gasteiger partial charge in [0.25, 0.3) is 0 Å². The van der Waals surface area contributed by atoms with Crippen LogP contribution in [-0.2, 0) is 6.54 Å². The van der Waals surface area contributed by atoms with Crippen LogP contribution in [0.3, 0.4) is 0 Å². The van der Waals surface area contributed by atoms with Crippen LogP contribution >= 0.6 is 0 Å². The number of rotatable bonds is 3. The van der Waals surface area contributed by atoms with Gasteiger partial charge in [-0.15, -0.1) is 0 Å². The second-order valence-electron chi connectivity index (χ2n) is 2.93. The molecule has 0 aliphatic heterocycles. The summed E-state index contributed by atoms with van der Waals surface area (Å²) in [6.07, 6.45) is 5.00. The van der Waals surface area contributed by atoms with Crippen LogP contribution in [0.1, 0.15) is 11.4 Å². The average molecular weight is 199 g/mol. The third-order valence-electron chi connectivity index (χ3n) is 1.88. The molecule has 0 aromatic carbocycles. The van der Waals surface area contributed by atoms with E-state index in [-0.39, 0.29) is 0 Å². The van der Waals surface area contributed by atoms with Gasteiger partial charge in [0, 0.05) is 18.6 Å². The Morgan fingerprint density at radius 1 is 1.40 bits per heavy atom. The Labute approximate surface area is 86.8 Å². The molecule has 2 N–H and O–H groups in total. The molecule has 2 aromatic heterocycles. The Hall–Kier alpha value is -2.35. The number of nitrogens with zero attached hydrogens (tertiary/aromatic N) is 3. The van der Waals surface area contributed by atoms with Gasteiger partial charge in [-0.25, -0.2) is 9.97 Å². The topological polar surface area (TPSA) is 77.4 Å². The first-order chi connectivity index (χ1) is 7.38. The lowest BCUT2D eigenvalue weighted by Gasteiger charge is -2.02. The van der Waals surface area contributed by atoms with Gasteiger partial charge in [0.1, 0.15) is 17.7 Å². The first-order valence-corrected chi connectivity index (χ1v) is 4.47. The predicted molar refractivity (Wildman–Crippen MR) is 54.9 cm³/mol. The third-order valence-corrected chi connectivity index (χ3v) is 1.88. The van der Waals surface area contributed by atoms with E-state index in [0.29, 0.717) is 12.1 Å². The highest BCUT2D eigenvalue weighted by molar-refractivity contribution is 5.38. The number of anilines is 1. The molecule has 0 aliphatic carbocycles. The summed E-state index contributed by atoms with van der Waals surface area (Å²) in [5.41, 5.74) is 0.554. The van der Waals surface area contributed by atoms with Gasteiger partial charge < -0.3 is 10.3 Å². The molecule has 0 saturated carbocycles. The van der Waals surface area contributed by atoms with Crippen LogP contribution < -0.4 is 5.32 Å². The number of H-pyrrole nitrogens is 1. The summed E-state index contributed by atoms with van der Waals surface area (Å²) in [7, 11) is 0. The summed E-state index contributed by atoms with van der Waals surface area (Å²) in [6.45, 7) is 0.589. The maximum Gasteiger partial charge on any atom is 0.126 e. The lowest BCUT2D eigenvalue weighted by molar-refractivity contribution is 0.988. The van der Waals surface area contributed by atoms with Gasteiger partial charge in [-0.3, -0.25) is 0 Å². The van der Waals surface area contributed by atoms with Crippen molar-refractivity contribution in [3.63, 3.8) is 0 Å². The second kappa shape index (κ2) is 4.24. The van der Waals surface area contributed by atoms with Crippen molar-refractivity contribution in [2.75, 3.05) is 5.32 Å². The molecule has 0 fully saturated rings. The summed E-state index contributed by atoms with van der Waals surface area (Å²) in [5.74, 6) is 1.58. The van der Waals surface area contributed by atoms with Gasteiger partial charge in [-0.1, -0.05) is 0 Å². The molecule has 15 heavy (non-hydrogen) atoms. The molecule has 0 unspecified atom stereocenters. The molecule has 74 valence electrons. The molecular formula is C10H9N5. The van der Waals surface area contributed by atoms with Crippen LogP contribution in [0.2, 0.25) is 0 Å². The SMILES string of the molecule is N#Cc1ccc(NCc2ncc[nH]2)nc1. The number of imidazole rings is 1. The van der Waals surface area contributed by atoms with E-state index in [4.69, 9.17) is 5.26 Å². The van der Waals surface area contributed by atoms with Gasteiger partial charge in [-0.2, -0.15) is 5.26 Å². The van der Waals surface area contributed by atoms with E-state index < -0.39 is 0 Å². The quantitative estimate of drug-likeness (QED) is 0.780. The number of pyridine rings is 1. The Morgan fingerprint density at radius 2 is 2.33 bits per heavy atom. The molecule has 2 heterocycles. The molecule has 5 heteroatoms. The van der Waals surface area contributed by atoms with Crippen molar-refractivity contribution < 1.29 is 0 Å². The maximum atomic E-state index is 8.58. The van der Waals surface area contributed by atoms with E-state index in [1.165, 1.54) is 6.20 Å². The van der Waals surface area contributed by atoms with Gasteiger partial charge >= 0.3 is 0 Å². The molecule has 0 atom stereocenters. The van der Waals surface area contributed by atoms with Crippen LogP contribution in [-0.4, -0.2) is 15.0 Å². The summed E-state index contributed by atoms with van der Waals surface area (Å²) >= 11 is 0. The Kier molecular flexibility index (Phi) is 2.61. The molecule has 0 amide bonds. The average Bonchev–Trinajstić information content (AvgIpc) is 2.80. The fourth-order valence-electron chi connectivity index (χ4n) is 1.13. The zero-order chi connectivity index (χ0) is 10.5. The van der Waals surface area contributed by atoms with Crippen LogP contribution in [0.25, 0.3) is 0 Å². The number of hydrogen-bond donors (Lipinski definition) is 2. The van der Waals surface area contributed by atoms with Crippen molar-refractivity contribution in [3.05, 3.63) is 42.1 Å². The highest BCUT2D eigenvalue weighted by atomic mass is 15.0. The summed E-state index contributed by atoms with van der Waals surface area (Å²) in [5, 5.41) is 11.7. The highest BCUT2D eigenvalue weighted by Gasteiger charge is 1.96. The minimum atomic E-state index is 0.554. The molecular weight excluding hydrogens is 190 g/mol. The first-order valence-electron chi connectivity index (χ1n) is 4.47. The number of nitriles is 1. The van der Waals surface area contributed by atoms with E-state index in [2.05, 4.69) is 20.3 Å². The summed E-state index contributed by atoms with van der Waals surface area (Å²) < 4.78 is 0. The standard InChI is InChI=1S/C10H9N5/c11-5-8-1-2-9(14-6-8)15-7-10-12-3-4-13-10/h1-4,6H,7H2,(H,12,13)(H,14,15). The van der Waals surface area contributed by atoms with E-state index in [1.54, 1.807) is 24.5 Å². The van der Waals surface area contributed by atoms with Gasteiger partial charge in [-0.05, 0) is 12.1 Å². The van der Waals surface area contributed by atoms with Crippen molar-refractivity contribution in [2.45, 2.75) is 6.54 Å². The number of hydrogen-bond acceptors (Lipinski definition) is 4. The lowest BCUT2D eigenvalue weighted by atomic mass is 10.3. The van der Waals surface area contributed by atoms with E-state index in [1.807, 2.05) is 6.07 Å². The van der Waals surface area contributed by atoms with Crippen LogP contribution in [0.5, 0.6) is 0 Å². The second-order valence-corrected chi connectivity index (χ2v) is 2.93. The van der Waals surface area contributed by atoms with E-state index in [0.717, 1.165) is 11.6 Å². The summed E-state index contributed by atoms with van der Waals surface area (Å²) in [4.78, 5) is 11.1. The van der Waals surface area contributed by atoms with Gasteiger partial charge in [0.2, 0.25) is 0 Å². The monoisotopic (exact) mass is 199 g/mol. The van der Waals surface area contributed by atoms with Crippen molar-refractivity contribution in [3.8, 4) is 6.07 Å². The van der Waals surface area contributed by atoms with Crippen molar-refractivity contribution in [1.82, 2.24) is 15.0 Å². The maximum absolute atomic E-state index is 8.58.